The highest BCUT2D eigenvalue weighted by atomic mass is 35.5. The Morgan fingerprint density at radius 3 is 2.57 bits per heavy atom. The van der Waals surface area contributed by atoms with Crippen molar-refractivity contribution in [1.82, 2.24) is 4.57 Å². The average molecular weight is 399 g/mol. The number of hydrogen-bond donors (Lipinski definition) is 0. The average Bonchev–Trinajstić information content (AvgIpc) is 2.66. The molecule has 144 valence electrons. The zero-order valence-electron chi connectivity index (χ0n) is 15.7. The molecule has 2 aromatic carbocycles. The van der Waals surface area contributed by atoms with Crippen LogP contribution in [0.15, 0.2) is 65.6 Å². The summed E-state index contributed by atoms with van der Waals surface area (Å²) in [7, 11) is 0. The summed E-state index contributed by atoms with van der Waals surface area (Å²) in [4.78, 5) is 27.5. The zero-order chi connectivity index (χ0) is 20.3. The van der Waals surface area contributed by atoms with Crippen molar-refractivity contribution in [3.63, 3.8) is 0 Å². The van der Waals surface area contributed by atoms with E-state index in [0.717, 1.165) is 11.3 Å². The lowest BCUT2D eigenvalue weighted by Gasteiger charge is -2.21. The first-order valence-electron chi connectivity index (χ1n) is 8.93. The second kappa shape index (κ2) is 8.40. The summed E-state index contributed by atoms with van der Waals surface area (Å²) in [6.07, 6.45) is 1.52. The maximum atomic E-state index is 14.1. The number of rotatable bonds is 5. The van der Waals surface area contributed by atoms with E-state index in [1.165, 1.54) is 29.0 Å². The van der Waals surface area contributed by atoms with E-state index >= 15 is 0 Å². The van der Waals surface area contributed by atoms with E-state index in [4.69, 9.17) is 11.6 Å². The van der Waals surface area contributed by atoms with Crippen LogP contribution in [0.3, 0.4) is 0 Å². The SMILES string of the molecule is CCN(C(=O)c1cccn(Cc2c(F)cccc2Cl)c1=O)c1cccc(C)c1. The number of halogens is 2. The van der Waals surface area contributed by atoms with E-state index in [0.29, 0.717) is 6.54 Å². The number of aryl methyl sites for hydroxylation is 1. The summed E-state index contributed by atoms with van der Waals surface area (Å²) in [5.41, 5.74) is 1.49. The fourth-order valence-electron chi connectivity index (χ4n) is 3.06. The Morgan fingerprint density at radius 1 is 1.14 bits per heavy atom. The Balaban J connectivity index is 1.98. The molecule has 3 rings (SSSR count). The van der Waals surface area contributed by atoms with E-state index in [9.17, 15) is 14.0 Å². The molecule has 0 radical (unpaired) electrons. The molecule has 0 aliphatic carbocycles. The molecule has 1 amide bonds. The lowest BCUT2D eigenvalue weighted by Crippen LogP contribution is -2.36. The van der Waals surface area contributed by atoms with Gasteiger partial charge in [0.15, 0.2) is 0 Å². The molecule has 0 aliphatic heterocycles. The maximum absolute atomic E-state index is 14.1. The molecular formula is C22H20ClFN2O2. The van der Waals surface area contributed by atoms with Gasteiger partial charge in [-0.3, -0.25) is 9.59 Å². The van der Waals surface area contributed by atoms with Gasteiger partial charge < -0.3 is 9.47 Å². The predicted molar refractivity (Wildman–Crippen MR) is 110 cm³/mol. The van der Waals surface area contributed by atoms with E-state index in [1.54, 1.807) is 17.0 Å². The van der Waals surface area contributed by atoms with Gasteiger partial charge in [-0.1, -0.05) is 29.8 Å². The number of pyridine rings is 1. The highest BCUT2D eigenvalue weighted by Crippen LogP contribution is 2.20. The molecule has 0 atom stereocenters. The van der Waals surface area contributed by atoms with Gasteiger partial charge in [0, 0.05) is 29.0 Å². The van der Waals surface area contributed by atoms with Gasteiger partial charge in [-0.2, -0.15) is 0 Å². The largest absolute Gasteiger partial charge is 0.310 e. The molecule has 28 heavy (non-hydrogen) atoms. The van der Waals surface area contributed by atoms with Crippen molar-refractivity contribution in [2.24, 2.45) is 0 Å². The quantitative estimate of drug-likeness (QED) is 0.627. The minimum Gasteiger partial charge on any atom is -0.310 e. The first-order valence-corrected chi connectivity index (χ1v) is 9.31. The predicted octanol–water partition coefficient (Wildman–Crippen LogP) is 4.66. The molecule has 0 spiro atoms. The minimum atomic E-state index is -0.494. The van der Waals surface area contributed by atoms with Crippen molar-refractivity contribution < 1.29 is 9.18 Å². The van der Waals surface area contributed by atoms with Crippen molar-refractivity contribution in [1.29, 1.82) is 0 Å². The molecular weight excluding hydrogens is 379 g/mol. The monoisotopic (exact) mass is 398 g/mol. The number of carbonyl (C=O) groups excluding carboxylic acids is 1. The van der Waals surface area contributed by atoms with Gasteiger partial charge in [0.05, 0.1) is 6.54 Å². The number of anilines is 1. The second-order valence-corrected chi connectivity index (χ2v) is 6.85. The smallest absolute Gasteiger partial charge is 0.263 e. The Bertz CT molecular complexity index is 1060. The van der Waals surface area contributed by atoms with Crippen LogP contribution in [0, 0.1) is 12.7 Å². The van der Waals surface area contributed by atoms with Gasteiger partial charge in [0.2, 0.25) is 0 Å². The van der Waals surface area contributed by atoms with E-state index in [2.05, 4.69) is 0 Å². The Morgan fingerprint density at radius 2 is 1.89 bits per heavy atom. The fourth-order valence-corrected chi connectivity index (χ4v) is 3.29. The summed E-state index contributed by atoms with van der Waals surface area (Å²) >= 11 is 6.07. The first-order chi connectivity index (χ1) is 13.4. The Labute approximate surface area is 167 Å². The van der Waals surface area contributed by atoms with Crippen molar-refractivity contribution in [2.75, 3.05) is 11.4 Å². The number of amides is 1. The minimum absolute atomic E-state index is 0.0262. The summed E-state index contributed by atoms with van der Waals surface area (Å²) in [6, 6.07) is 15.0. The third-order valence-corrected chi connectivity index (χ3v) is 4.87. The Hall–Kier alpha value is -2.92. The van der Waals surface area contributed by atoms with Gasteiger partial charge in [-0.05, 0) is 55.8 Å². The van der Waals surface area contributed by atoms with Gasteiger partial charge in [-0.15, -0.1) is 0 Å². The molecule has 0 unspecified atom stereocenters. The topological polar surface area (TPSA) is 42.3 Å². The van der Waals surface area contributed by atoms with Crippen LogP contribution >= 0.6 is 11.6 Å². The number of carbonyl (C=O) groups is 1. The van der Waals surface area contributed by atoms with Crippen molar-refractivity contribution >= 4 is 23.2 Å². The molecule has 1 heterocycles. The number of aromatic nitrogens is 1. The second-order valence-electron chi connectivity index (χ2n) is 6.44. The molecule has 1 aromatic heterocycles. The van der Waals surface area contributed by atoms with E-state index in [-0.39, 0.29) is 22.7 Å². The number of nitrogens with zero attached hydrogens (tertiary/aromatic N) is 2. The first kappa shape index (κ1) is 19.8. The van der Waals surface area contributed by atoms with Crippen LogP contribution in [0.1, 0.15) is 28.4 Å². The fraction of sp³-hybridized carbons (Fsp3) is 0.182. The molecule has 4 nitrogen and oxygen atoms in total. The van der Waals surface area contributed by atoms with Crippen molar-refractivity contribution in [2.45, 2.75) is 20.4 Å². The number of benzene rings is 2. The molecule has 3 aromatic rings. The summed E-state index contributed by atoms with van der Waals surface area (Å²) in [6.45, 7) is 4.15. The summed E-state index contributed by atoms with van der Waals surface area (Å²) < 4.78 is 15.4. The summed E-state index contributed by atoms with van der Waals surface area (Å²) in [5, 5.41) is 0.235. The molecule has 0 fully saturated rings. The van der Waals surface area contributed by atoms with Gasteiger partial charge >= 0.3 is 0 Å². The maximum Gasteiger partial charge on any atom is 0.263 e. The molecule has 0 aliphatic rings. The zero-order valence-corrected chi connectivity index (χ0v) is 16.4. The van der Waals surface area contributed by atoms with Crippen LogP contribution in [-0.2, 0) is 6.54 Å². The highest BCUT2D eigenvalue weighted by molar-refractivity contribution is 6.31. The third-order valence-electron chi connectivity index (χ3n) is 4.52. The lowest BCUT2D eigenvalue weighted by atomic mass is 10.1. The van der Waals surface area contributed by atoms with Crippen molar-refractivity contribution in [3.8, 4) is 0 Å². The Kier molecular flexibility index (Phi) is 5.95. The number of hydrogen-bond acceptors (Lipinski definition) is 2. The molecule has 0 N–H and O–H groups in total. The molecule has 6 heteroatoms. The van der Waals surface area contributed by atoms with E-state index in [1.807, 2.05) is 38.1 Å². The van der Waals surface area contributed by atoms with Crippen LogP contribution in [0.25, 0.3) is 0 Å². The van der Waals surface area contributed by atoms with Crippen LogP contribution in [-0.4, -0.2) is 17.0 Å². The van der Waals surface area contributed by atoms with Crippen LogP contribution < -0.4 is 10.5 Å². The van der Waals surface area contributed by atoms with Gasteiger partial charge in [0.25, 0.3) is 11.5 Å². The normalized spacial score (nSPS) is 10.7. The van der Waals surface area contributed by atoms with Crippen LogP contribution in [0.4, 0.5) is 10.1 Å². The third kappa shape index (κ3) is 3.99. The standard InChI is InChI=1S/C22H20ClFN2O2/c1-3-26(16-8-4-7-15(2)13-16)22(28)17-9-6-12-25(21(17)27)14-18-19(23)10-5-11-20(18)24/h4-13H,3,14H2,1-2H3. The van der Waals surface area contributed by atoms with Crippen molar-refractivity contribution in [3.05, 3.63) is 98.7 Å². The van der Waals surface area contributed by atoms with Crippen LogP contribution in [0.2, 0.25) is 5.02 Å². The highest BCUT2D eigenvalue weighted by Gasteiger charge is 2.20. The van der Waals surface area contributed by atoms with Gasteiger partial charge in [-0.25, -0.2) is 4.39 Å². The molecule has 0 bridgehead atoms. The van der Waals surface area contributed by atoms with E-state index < -0.39 is 17.3 Å². The lowest BCUT2D eigenvalue weighted by molar-refractivity contribution is 0.0986. The molecule has 0 saturated heterocycles. The molecule has 0 saturated carbocycles. The van der Waals surface area contributed by atoms with Gasteiger partial charge in [0.1, 0.15) is 11.4 Å². The summed E-state index contributed by atoms with van der Waals surface area (Å²) in [5.74, 6) is -0.891. The van der Waals surface area contributed by atoms with Crippen LogP contribution in [0.5, 0.6) is 0 Å².